The summed E-state index contributed by atoms with van der Waals surface area (Å²) in [5, 5.41) is 11.6. The second-order valence-electron chi connectivity index (χ2n) is 5.13. The number of hydrogen-bond donors (Lipinski definition) is 1. The lowest BCUT2D eigenvalue weighted by atomic mass is 10.1. The van der Waals surface area contributed by atoms with Crippen LogP contribution in [0.15, 0.2) is 24.3 Å². The van der Waals surface area contributed by atoms with Gasteiger partial charge in [-0.05, 0) is 12.5 Å². The minimum Gasteiger partial charge on any atom is -0.308 e. The van der Waals surface area contributed by atoms with Crippen LogP contribution in [0.2, 0.25) is 0 Å². The summed E-state index contributed by atoms with van der Waals surface area (Å²) < 4.78 is 27.7. The van der Waals surface area contributed by atoms with Gasteiger partial charge in [0.25, 0.3) is 6.43 Å². The van der Waals surface area contributed by atoms with Crippen LogP contribution >= 0.6 is 0 Å². The highest BCUT2D eigenvalue weighted by molar-refractivity contribution is 5.29. The van der Waals surface area contributed by atoms with E-state index in [9.17, 15) is 8.78 Å². The molecule has 0 fully saturated rings. The number of halogens is 2. The molecule has 1 aromatic carbocycles. The Morgan fingerprint density at radius 3 is 3.00 bits per heavy atom. The maximum atomic E-state index is 13.0. The zero-order valence-corrected chi connectivity index (χ0v) is 11.2. The second kappa shape index (κ2) is 5.28. The Hall–Kier alpha value is -1.82. The molecule has 106 valence electrons. The van der Waals surface area contributed by atoms with Crippen LogP contribution in [0.25, 0.3) is 0 Å². The normalized spacial score (nSPS) is 18.3. The summed E-state index contributed by atoms with van der Waals surface area (Å²) >= 11 is 0. The monoisotopic (exact) mass is 278 g/mol. The Morgan fingerprint density at radius 1 is 1.40 bits per heavy atom. The van der Waals surface area contributed by atoms with E-state index >= 15 is 0 Å². The zero-order chi connectivity index (χ0) is 14.1. The predicted octanol–water partition coefficient (Wildman–Crippen LogP) is 2.30. The van der Waals surface area contributed by atoms with Gasteiger partial charge in [0.15, 0.2) is 0 Å². The van der Waals surface area contributed by atoms with Crippen LogP contribution in [0.4, 0.5) is 8.78 Å². The lowest BCUT2D eigenvalue weighted by Gasteiger charge is -2.20. The number of benzene rings is 1. The van der Waals surface area contributed by atoms with Gasteiger partial charge >= 0.3 is 0 Å². The molecule has 4 nitrogen and oxygen atoms in total. The summed E-state index contributed by atoms with van der Waals surface area (Å²) in [5.74, 6) is 0. The molecule has 0 saturated heterocycles. The molecule has 1 aliphatic heterocycles. The minimum absolute atomic E-state index is 0.0638. The maximum Gasteiger partial charge on any atom is 0.264 e. The molecular formula is C14H16F2N4. The first-order chi connectivity index (χ1) is 9.65. The minimum atomic E-state index is -2.47. The standard InChI is InChI=1S/C14H16F2N4/c1-9-6-12-13(7-17-9)20(19-18-12)8-10-4-2-3-5-11(10)14(15)16/h2-5,9,14,17H,6-8H2,1H3/t9-/m0/s1. The summed E-state index contributed by atoms with van der Waals surface area (Å²) in [6, 6.07) is 6.95. The third-order valence-electron chi connectivity index (χ3n) is 3.65. The van der Waals surface area contributed by atoms with Gasteiger partial charge in [-0.25, -0.2) is 13.5 Å². The number of nitrogens with one attached hydrogen (secondary N) is 1. The average Bonchev–Trinajstić information content (AvgIpc) is 2.81. The Kier molecular flexibility index (Phi) is 3.48. The van der Waals surface area contributed by atoms with Crippen LogP contribution in [0, 0.1) is 0 Å². The van der Waals surface area contributed by atoms with E-state index in [2.05, 4.69) is 22.6 Å². The largest absolute Gasteiger partial charge is 0.308 e. The van der Waals surface area contributed by atoms with Gasteiger partial charge in [0.05, 0.1) is 17.9 Å². The van der Waals surface area contributed by atoms with E-state index in [0.717, 1.165) is 17.8 Å². The molecule has 2 aromatic rings. The van der Waals surface area contributed by atoms with Crippen molar-refractivity contribution in [2.75, 3.05) is 0 Å². The third kappa shape index (κ3) is 2.43. The topological polar surface area (TPSA) is 42.7 Å². The molecule has 2 heterocycles. The second-order valence-corrected chi connectivity index (χ2v) is 5.13. The van der Waals surface area contributed by atoms with Crippen molar-refractivity contribution < 1.29 is 8.78 Å². The van der Waals surface area contributed by atoms with Crippen LogP contribution < -0.4 is 5.32 Å². The zero-order valence-electron chi connectivity index (χ0n) is 11.2. The first-order valence-corrected chi connectivity index (χ1v) is 6.65. The van der Waals surface area contributed by atoms with Gasteiger partial charge in [0, 0.05) is 24.6 Å². The van der Waals surface area contributed by atoms with Gasteiger partial charge in [-0.1, -0.05) is 29.5 Å². The van der Waals surface area contributed by atoms with Crippen molar-refractivity contribution in [1.29, 1.82) is 0 Å². The Bertz CT molecular complexity index is 609. The Morgan fingerprint density at radius 2 is 2.20 bits per heavy atom. The fourth-order valence-electron chi connectivity index (χ4n) is 2.53. The molecule has 0 spiro atoms. The predicted molar refractivity (Wildman–Crippen MR) is 70.5 cm³/mol. The Labute approximate surface area is 115 Å². The van der Waals surface area contributed by atoms with Crippen LogP contribution in [0.3, 0.4) is 0 Å². The first kappa shape index (κ1) is 13.2. The Balaban J connectivity index is 1.89. The number of aromatic nitrogens is 3. The fourth-order valence-corrected chi connectivity index (χ4v) is 2.53. The molecule has 1 N–H and O–H groups in total. The SMILES string of the molecule is C[C@H]1Cc2nnn(Cc3ccccc3C(F)F)c2CN1. The first-order valence-electron chi connectivity index (χ1n) is 6.65. The number of alkyl halides is 2. The lowest BCUT2D eigenvalue weighted by molar-refractivity contribution is 0.150. The summed E-state index contributed by atoms with van der Waals surface area (Å²) in [4.78, 5) is 0. The van der Waals surface area contributed by atoms with Crippen molar-refractivity contribution in [3.63, 3.8) is 0 Å². The molecule has 1 atom stereocenters. The van der Waals surface area contributed by atoms with Crippen molar-refractivity contribution in [2.24, 2.45) is 0 Å². The third-order valence-corrected chi connectivity index (χ3v) is 3.65. The molecule has 6 heteroatoms. The van der Waals surface area contributed by atoms with E-state index < -0.39 is 6.43 Å². The highest BCUT2D eigenvalue weighted by atomic mass is 19.3. The van der Waals surface area contributed by atoms with Crippen molar-refractivity contribution in [3.05, 3.63) is 46.8 Å². The van der Waals surface area contributed by atoms with Crippen LogP contribution in [-0.4, -0.2) is 21.0 Å². The van der Waals surface area contributed by atoms with Crippen molar-refractivity contribution >= 4 is 0 Å². The molecule has 0 amide bonds. The maximum absolute atomic E-state index is 13.0. The molecule has 0 saturated carbocycles. The molecule has 0 aliphatic carbocycles. The quantitative estimate of drug-likeness (QED) is 0.936. The fraction of sp³-hybridized carbons (Fsp3) is 0.429. The van der Waals surface area contributed by atoms with Crippen molar-refractivity contribution in [1.82, 2.24) is 20.3 Å². The molecule has 0 unspecified atom stereocenters. The highest BCUT2D eigenvalue weighted by Crippen LogP contribution is 2.24. The van der Waals surface area contributed by atoms with Crippen LogP contribution in [0.5, 0.6) is 0 Å². The summed E-state index contributed by atoms with van der Waals surface area (Å²) in [6.45, 7) is 3.10. The van der Waals surface area contributed by atoms with E-state index in [1.54, 1.807) is 22.9 Å². The molecular weight excluding hydrogens is 262 g/mol. The van der Waals surface area contributed by atoms with Crippen molar-refractivity contribution in [3.8, 4) is 0 Å². The average molecular weight is 278 g/mol. The van der Waals surface area contributed by atoms with E-state index in [0.29, 0.717) is 24.7 Å². The van der Waals surface area contributed by atoms with Crippen LogP contribution in [-0.2, 0) is 19.5 Å². The van der Waals surface area contributed by atoms with E-state index in [-0.39, 0.29) is 5.56 Å². The molecule has 20 heavy (non-hydrogen) atoms. The van der Waals surface area contributed by atoms with Gasteiger partial charge in [-0.3, -0.25) is 0 Å². The number of fused-ring (bicyclic) bond motifs is 1. The van der Waals surface area contributed by atoms with Gasteiger partial charge in [0.2, 0.25) is 0 Å². The van der Waals surface area contributed by atoms with E-state index in [1.807, 2.05) is 0 Å². The van der Waals surface area contributed by atoms with Gasteiger partial charge in [0.1, 0.15) is 0 Å². The summed E-state index contributed by atoms with van der Waals surface area (Å²) in [5.41, 5.74) is 2.61. The molecule has 0 radical (unpaired) electrons. The van der Waals surface area contributed by atoms with Gasteiger partial charge in [-0.2, -0.15) is 0 Å². The van der Waals surface area contributed by atoms with Crippen molar-refractivity contribution in [2.45, 2.75) is 38.9 Å². The lowest BCUT2D eigenvalue weighted by Crippen LogP contribution is -2.34. The number of hydrogen-bond acceptors (Lipinski definition) is 3. The number of nitrogens with zero attached hydrogens (tertiary/aromatic N) is 3. The van der Waals surface area contributed by atoms with Crippen LogP contribution in [0.1, 0.15) is 35.9 Å². The molecule has 3 rings (SSSR count). The summed E-state index contributed by atoms with van der Waals surface area (Å²) in [6.07, 6.45) is -1.64. The van der Waals surface area contributed by atoms with Gasteiger partial charge < -0.3 is 5.32 Å². The molecule has 1 aromatic heterocycles. The molecule has 0 bridgehead atoms. The number of rotatable bonds is 3. The molecule has 1 aliphatic rings. The van der Waals surface area contributed by atoms with E-state index in [1.165, 1.54) is 6.07 Å². The smallest absolute Gasteiger partial charge is 0.264 e. The van der Waals surface area contributed by atoms with Gasteiger partial charge in [-0.15, -0.1) is 5.10 Å². The van der Waals surface area contributed by atoms with E-state index in [4.69, 9.17) is 0 Å². The highest BCUT2D eigenvalue weighted by Gasteiger charge is 2.21. The summed E-state index contributed by atoms with van der Waals surface area (Å²) in [7, 11) is 0.